The van der Waals surface area contributed by atoms with Gasteiger partial charge in [-0.2, -0.15) is 0 Å². The topological polar surface area (TPSA) is 32.8 Å². The van der Waals surface area contributed by atoms with Gasteiger partial charge in [0.1, 0.15) is 5.60 Å². The molecule has 0 aromatic heterocycles. The first kappa shape index (κ1) is 15.7. The Hall–Kier alpha value is -1.23. The lowest BCUT2D eigenvalue weighted by Crippen LogP contribution is -2.39. The summed E-state index contributed by atoms with van der Waals surface area (Å²) < 4.78 is 6.60. The van der Waals surface area contributed by atoms with Crippen LogP contribution < -0.4 is 4.90 Å². The van der Waals surface area contributed by atoms with Crippen molar-refractivity contribution in [3.63, 3.8) is 0 Å². The Kier molecular flexibility index (Phi) is 4.10. The lowest BCUT2D eigenvalue weighted by atomic mass is 10.1. The van der Waals surface area contributed by atoms with Gasteiger partial charge in [0, 0.05) is 35.7 Å². The van der Waals surface area contributed by atoms with Crippen molar-refractivity contribution in [2.24, 2.45) is 5.92 Å². The van der Waals surface area contributed by atoms with Crippen molar-refractivity contribution in [2.45, 2.75) is 38.8 Å². The highest BCUT2D eigenvalue weighted by atomic mass is 79.9. The van der Waals surface area contributed by atoms with Crippen LogP contribution in [0.25, 0.3) is 0 Å². The Bertz CT molecular complexity index is 553. The van der Waals surface area contributed by atoms with E-state index in [1.165, 1.54) is 5.69 Å². The molecule has 4 nitrogen and oxygen atoms in total. The molecule has 120 valence electrons. The van der Waals surface area contributed by atoms with Gasteiger partial charge >= 0.3 is 6.09 Å². The van der Waals surface area contributed by atoms with Crippen LogP contribution in [0.4, 0.5) is 10.5 Å². The predicted molar refractivity (Wildman–Crippen MR) is 91.2 cm³/mol. The van der Waals surface area contributed by atoms with E-state index in [0.29, 0.717) is 12.0 Å². The number of ether oxygens (including phenoxy) is 1. The molecule has 2 aliphatic rings. The maximum atomic E-state index is 12.3. The van der Waals surface area contributed by atoms with E-state index in [1.807, 2.05) is 25.7 Å². The molecule has 2 fully saturated rings. The van der Waals surface area contributed by atoms with Crippen LogP contribution in [0.2, 0.25) is 0 Å². The molecule has 3 rings (SSSR count). The first-order valence-electron chi connectivity index (χ1n) is 7.83. The number of carbonyl (C=O) groups excluding carboxylic acids is 1. The van der Waals surface area contributed by atoms with E-state index in [0.717, 1.165) is 30.5 Å². The Morgan fingerprint density at radius 1 is 1.23 bits per heavy atom. The number of rotatable bonds is 1. The lowest BCUT2D eigenvalue weighted by molar-refractivity contribution is 0.0284. The number of amides is 1. The molecule has 1 aromatic carbocycles. The zero-order chi connectivity index (χ0) is 15.9. The number of halogens is 1. The van der Waals surface area contributed by atoms with Gasteiger partial charge in [0.15, 0.2) is 0 Å². The van der Waals surface area contributed by atoms with Crippen LogP contribution in [-0.4, -0.2) is 42.3 Å². The number of carbonyl (C=O) groups is 1. The second-order valence-electron chi connectivity index (χ2n) is 7.17. The Morgan fingerprint density at radius 3 is 2.55 bits per heavy atom. The van der Waals surface area contributed by atoms with Crippen LogP contribution in [0.3, 0.4) is 0 Å². The van der Waals surface area contributed by atoms with Crippen LogP contribution >= 0.6 is 15.9 Å². The van der Waals surface area contributed by atoms with Crippen LogP contribution in [0, 0.1) is 5.92 Å². The predicted octanol–water partition coefficient (Wildman–Crippen LogP) is 3.89. The van der Waals surface area contributed by atoms with Crippen LogP contribution in [0.15, 0.2) is 28.7 Å². The van der Waals surface area contributed by atoms with E-state index in [2.05, 4.69) is 45.1 Å². The Labute approximate surface area is 140 Å². The number of fused-ring (bicyclic) bond motifs is 1. The second kappa shape index (κ2) is 5.76. The summed E-state index contributed by atoms with van der Waals surface area (Å²) in [5.41, 5.74) is 0.807. The monoisotopic (exact) mass is 366 g/mol. The van der Waals surface area contributed by atoms with E-state index in [9.17, 15) is 4.79 Å². The zero-order valence-corrected chi connectivity index (χ0v) is 15.0. The van der Waals surface area contributed by atoms with Crippen molar-refractivity contribution in [1.82, 2.24) is 4.90 Å². The summed E-state index contributed by atoms with van der Waals surface area (Å²) in [4.78, 5) is 16.6. The van der Waals surface area contributed by atoms with E-state index in [4.69, 9.17) is 4.74 Å². The number of nitrogens with zero attached hydrogens (tertiary/aromatic N) is 2. The summed E-state index contributed by atoms with van der Waals surface area (Å²) in [6.07, 6.45) is 0.956. The molecular weight excluding hydrogens is 344 g/mol. The largest absolute Gasteiger partial charge is 0.444 e. The van der Waals surface area contributed by atoms with Gasteiger partial charge in [0.25, 0.3) is 0 Å². The van der Waals surface area contributed by atoms with E-state index < -0.39 is 5.60 Å². The van der Waals surface area contributed by atoms with Crippen molar-refractivity contribution < 1.29 is 9.53 Å². The van der Waals surface area contributed by atoms with Gasteiger partial charge in [0.05, 0.1) is 6.04 Å². The highest BCUT2D eigenvalue weighted by molar-refractivity contribution is 9.10. The van der Waals surface area contributed by atoms with Crippen molar-refractivity contribution in [3.8, 4) is 0 Å². The summed E-state index contributed by atoms with van der Waals surface area (Å²) in [5, 5.41) is 0. The van der Waals surface area contributed by atoms with Crippen LogP contribution in [0.5, 0.6) is 0 Å². The maximum absolute atomic E-state index is 12.3. The molecule has 1 amide bonds. The molecule has 2 atom stereocenters. The van der Waals surface area contributed by atoms with Crippen molar-refractivity contribution in [1.29, 1.82) is 0 Å². The summed E-state index contributed by atoms with van der Waals surface area (Å²) in [6, 6.07) is 8.84. The minimum Gasteiger partial charge on any atom is -0.444 e. The van der Waals surface area contributed by atoms with Gasteiger partial charge in [-0.25, -0.2) is 4.79 Å². The maximum Gasteiger partial charge on any atom is 0.410 e. The first-order valence-corrected chi connectivity index (χ1v) is 8.63. The fourth-order valence-corrected chi connectivity index (χ4v) is 3.65. The summed E-state index contributed by atoms with van der Waals surface area (Å²) in [6.45, 7) is 8.38. The smallest absolute Gasteiger partial charge is 0.410 e. The molecule has 2 saturated heterocycles. The molecule has 0 N–H and O–H groups in total. The van der Waals surface area contributed by atoms with E-state index >= 15 is 0 Å². The Morgan fingerprint density at radius 2 is 1.91 bits per heavy atom. The number of anilines is 1. The molecule has 2 aliphatic heterocycles. The molecule has 2 unspecified atom stereocenters. The van der Waals surface area contributed by atoms with Gasteiger partial charge < -0.3 is 14.5 Å². The Balaban J connectivity index is 1.68. The molecule has 0 saturated carbocycles. The third-order valence-electron chi connectivity index (χ3n) is 4.36. The molecule has 0 bridgehead atoms. The van der Waals surface area contributed by atoms with Gasteiger partial charge in [0.2, 0.25) is 0 Å². The van der Waals surface area contributed by atoms with E-state index in [1.54, 1.807) is 0 Å². The first-order chi connectivity index (χ1) is 10.3. The third-order valence-corrected chi connectivity index (χ3v) is 4.89. The fourth-order valence-electron chi connectivity index (χ4n) is 3.39. The molecule has 2 heterocycles. The third kappa shape index (κ3) is 3.24. The minimum absolute atomic E-state index is 0.183. The van der Waals surface area contributed by atoms with E-state index in [-0.39, 0.29) is 6.09 Å². The number of hydrogen-bond acceptors (Lipinski definition) is 3. The van der Waals surface area contributed by atoms with Gasteiger partial charge in [-0.05, 0) is 51.5 Å². The summed E-state index contributed by atoms with van der Waals surface area (Å²) >= 11 is 3.48. The minimum atomic E-state index is -0.430. The van der Waals surface area contributed by atoms with Crippen molar-refractivity contribution in [2.75, 3.05) is 24.5 Å². The quantitative estimate of drug-likeness (QED) is 0.755. The van der Waals surface area contributed by atoms with Gasteiger partial charge in [-0.15, -0.1) is 0 Å². The number of likely N-dealkylation sites (tertiary alicyclic amines) is 1. The average molecular weight is 367 g/mol. The average Bonchev–Trinajstić information content (AvgIpc) is 2.97. The highest BCUT2D eigenvalue weighted by Crippen LogP contribution is 2.35. The normalized spacial score (nSPS) is 24.5. The molecule has 5 heteroatoms. The van der Waals surface area contributed by atoms with Gasteiger partial charge in [-0.3, -0.25) is 0 Å². The molecule has 0 spiro atoms. The summed E-state index contributed by atoms with van der Waals surface area (Å²) in [5.74, 6) is 0.552. The number of hydrogen-bond donors (Lipinski definition) is 0. The molecule has 0 aliphatic carbocycles. The lowest BCUT2D eigenvalue weighted by Gasteiger charge is -2.28. The highest BCUT2D eigenvalue weighted by Gasteiger charge is 2.43. The second-order valence-corrected chi connectivity index (χ2v) is 8.09. The molecule has 22 heavy (non-hydrogen) atoms. The van der Waals surface area contributed by atoms with Crippen LogP contribution in [-0.2, 0) is 4.74 Å². The van der Waals surface area contributed by atoms with Crippen LogP contribution in [0.1, 0.15) is 27.2 Å². The standard InChI is InChI=1S/C17H23BrN2O2/c1-17(2,3)22-16(21)19-10-12-8-9-20(15(12)11-19)14-6-4-13(18)5-7-14/h4-7,12,15H,8-11H2,1-3H3. The fraction of sp³-hybridized carbons (Fsp3) is 0.588. The molecule has 0 radical (unpaired) electrons. The summed E-state index contributed by atoms with van der Waals surface area (Å²) in [7, 11) is 0. The zero-order valence-electron chi connectivity index (χ0n) is 13.4. The molecule has 1 aromatic rings. The number of benzene rings is 1. The molecular formula is C17H23BrN2O2. The van der Waals surface area contributed by atoms with Gasteiger partial charge in [-0.1, -0.05) is 15.9 Å². The SMILES string of the molecule is CC(C)(C)OC(=O)N1CC2CCN(c3ccc(Br)cc3)C2C1. The van der Waals surface area contributed by atoms with Crippen molar-refractivity contribution in [3.05, 3.63) is 28.7 Å². The van der Waals surface area contributed by atoms with Crippen molar-refractivity contribution >= 4 is 27.7 Å².